The lowest BCUT2D eigenvalue weighted by Crippen LogP contribution is -2.46. The minimum absolute atomic E-state index is 0.145. The third-order valence-electron chi connectivity index (χ3n) is 5.71. The van der Waals surface area contributed by atoms with Gasteiger partial charge < -0.3 is 29.9 Å². The van der Waals surface area contributed by atoms with Crippen LogP contribution in [0, 0.1) is 0 Å². The highest BCUT2D eigenvalue weighted by Crippen LogP contribution is 2.30. The third kappa shape index (κ3) is 5.81. The number of nitrogens with zero attached hydrogens (tertiary/aromatic N) is 6. The Hall–Kier alpha value is -3.41. The Balaban J connectivity index is 1.67. The van der Waals surface area contributed by atoms with E-state index in [1.165, 1.54) is 4.68 Å². The monoisotopic (exact) mass is 486 g/mol. The summed E-state index contributed by atoms with van der Waals surface area (Å²) in [5.74, 6) is 1.20. The summed E-state index contributed by atoms with van der Waals surface area (Å²) in [5.41, 5.74) is 1.73. The lowest BCUT2D eigenvalue weighted by Gasteiger charge is -2.37. The van der Waals surface area contributed by atoms with Gasteiger partial charge in [0, 0.05) is 25.2 Å². The van der Waals surface area contributed by atoms with E-state index in [2.05, 4.69) is 27.6 Å². The Morgan fingerprint density at radius 3 is 2.77 bits per heavy atom. The van der Waals surface area contributed by atoms with Crippen molar-refractivity contribution in [2.24, 2.45) is 0 Å². The number of fused-ring (bicyclic) bond motifs is 1. The predicted octanol–water partition coefficient (Wildman–Crippen LogP) is 2.32. The molecule has 3 amide bonds. The molecule has 2 aliphatic rings. The number of urea groups is 1. The Kier molecular flexibility index (Phi) is 7.10. The van der Waals surface area contributed by atoms with E-state index in [0.29, 0.717) is 57.4 Å². The second-order valence-corrected chi connectivity index (χ2v) is 9.70. The number of hydrogen-bond acceptors (Lipinski definition) is 8. The molecule has 0 unspecified atom stereocenters. The van der Waals surface area contributed by atoms with Crippen molar-refractivity contribution in [1.82, 2.24) is 30.0 Å². The van der Waals surface area contributed by atoms with Crippen LogP contribution in [0.2, 0.25) is 0 Å². The molecule has 0 aliphatic carbocycles. The van der Waals surface area contributed by atoms with Gasteiger partial charge >= 0.3 is 12.1 Å². The molecule has 2 aromatic rings. The normalized spacial score (nSPS) is 18.1. The van der Waals surface area contributed by atoms with Gasteiger partial charge in [0.15, 0.2) is 0 Å². The first-order chi connectivity index (χ1) is 16.6. The number of ether oxygens (including phenoxy) is 2. The molecular weight excluding hydrogens is 452 g/mol. The number of carbonyl (C=O) groups is 2. The van der Waals surface area contributed by atoms with E-state index in [-0.39, 0.29) is 18.2 Å². The largest absolute Gasteiger partial charge is 0.444 e. The predicted molar refractivity (Wildman–Crippen MR) is 130 cm³/mol. The molecule has 0 bridgehead atoms. The zero-order chi connectivity index (χ0) is 25.2. The minimum Gasteiger partial charge on any atom is -0.444 e. The second-order valence-electron chi connectivity index (χ2n) is 9.70. The second kappa shape index (κ2) is 10.1. The molecule has 2 N–H and O–H groups in total. The Morgan fingerprint density at radius 2 is 2.06 bits per heavy atom. The maximum Gasteiger partial charge on any atom is 0.410 e. The van der Waals surface area contributed by atoms with Crippen LogP contribution < -0.4 is 15.5 Å². The van der Waals surface area contributed by atoms with Gasteiger partial charge in [-0.1, -0.05) is 0 Å². The molecule has 4 heterocycles. The summed E-state index contributed by atoms with van der Waals surface area (Å²) in [4.78, 5) is 38.2. The number of nitrogens with one attached hydrogen (secondary N) is 2. The standard InChI is InChI=1S/C23H34N8O4/c1-6-24-21(32)26-16-11-25-31(12-16)20-27-18-13-29(22(33)35-23(3,4)5)8-7-17(18)19(28-20)30-9-10-34-14-15(30)2/h11-12,15H,6-10,13-14H2,1-5H3,(H2,24,26,32)/t15-/m0/s1. The maximum atomic E-state index is 12.7. The van der Waals surface area contributed by atoms with Crippen LogP contribution in [0.25, 0.3) is 5.95 Å². The molecule has 190 valence electrons. The van der Waals surface area contributed by atoms with Crippen molar-refractivity contribution in [3.05, 3.63) is 23.7 Å². The van der Waals surface area contributed by atoms with E-state index in [9.17, 15) is 9.59 Å². The van der Waals surface area contributed by atoms with Crippen LogP contribution in [-0.2, 0) is 22.4 Å². The number of amides is 3. The Bertz CT molecular complexity index is 1080. The zero-order valence-corrected chi connectivity index (χ0v) is 21.0. The highest BCUT2D eigenvalue weighted by molar-refractivity contribution is 5.88. The molecule has 0 aromatic carbocycles. The van der Waals surface area contributed by atoms with Crippen molar-refractivity contribution in [3.63, 3.8) is 0 Å². The van der Waals surface area contributed by atoms with E-state index in [1.54, 1.807) is 17.3 Å². The van der Waals surface area contributed by atoms with Crippen molar-refractivity contribution >= 4 is 23.6 Å². The Morgan fingerprint density at radius 1 is 1.26 bits per heavy atom. The molecule has 1 fully saturated rings. The summed E-state index contributed by atoms with van der Waals surface area (Å²) >= 11 is 0. The van der Waals surface area contributed by atoms with E-state index in [0.717, 1.165) is 17.1 Å². The molecule has 12 heteroatoms. The van der Waals surface area contributed by atoms with Gasteiger partial charge in [0.2, 0.25) is 0 Å². The van der Waals surface area contributed by atoms with Crippen molar-refractivity contribution < 1.29 is 19.1 Å². The van der Waals surface area contributed by atoms with Crippen molar-refractivity contribution in [2.45, 2.75) is 59.2 Å². The quantitative estimate of drug-likeness (QED) is 0.674. The summed E-state index contributed by atoms with van der Waals surface area (Å²) < 4.78 is 12.7. The number of hydrogen-bond donors (Lipinski definition) is 2. The van der Waals surface area contributed by atoms with Gasteiger partial charge in [-0.05, 0) is 41.0 Å². The molecule has 0 radical (unpaired) electrons. The molecule has 2 aliphatic heterocycles. The summed E-state index contributed by atoms with van der Waals surface area (Å²) in [5, 5.41) is 9.78. The first-order valence-corrected chi connectivity index (χ1v) is 12.0. The Labute approximate surface area is 205 Å². The SMILES string of the molecule is CCNC(=O)Nc1cnn(-c2nc3c(c(N4CCOC[C@@H]4C)n2)CCN(C(=O)OC(C)(C)C)C3)c1. The van der Waals surface area contributed by atoms with Crippen LogP contribution in [0.4, 0.5) is 21.1 Å². The van der Waals surface area contributed by atoms with Crippen molar-refractivity contribution in [2.75, 3.05) is 43.1 Å². The minimum atomic E-state index is -0.578. The van der Waals surface area contributed by atoms with Crippen molar-refractivity contribution in [3.8, 4) is 5.95 Å². The summed E-state index contributed by atoms with van der Waals surface area (Å²) in [6.45, 7) is 12.8. The lowest BCUT2D eigenvalue weighted by molar-refractivity contribution is 0.0220. The third-order valence-corrected chi connectivity index (χ3v) is 5.71. The van der Waals surface area contributed by atoms with Crippen LogP contribution in [-0.4, -0.2) is 81.3 Å². The average molecular weight is 487 g/mol. The average Bonchev–Trinajstić information content (AvgIpc) is 3.25. The maximum absolute atomic E-state index is 12.7. The number of rotatable bonds is 4. The molecule has 2 aromatic heterocycles. The highest BCUT2D eigenvalue weighted by atomic mass is 16.6. The van der Waals surface area contributed by atoms with E-state index >= 15 is 0 Å². The van der Waals surface area contributed by atoms with E-state index < -0.39 is 5.60 Å². The van der Waals surface area contributed by atoms with Crippen LogP contribution >= 0.6 is 0 Å². The number of morpholine rings is 1. The number of aromatic nitrogens is 4. The van der Waals surface area contributed by atoms with Gasteiger partial charge in [0.05, 0.1) is 49.6 Å². The topological polar surface area (TPSA) is 127 Å². The highest BCUT2D eigenvalue weighted by Gasteiger charge is 2.32. The molecule has 0 saturated carbocycles. The first-order valence-electron chi connectivity index (χ1n) is 12.0. The first kappa shape index (κ1) is 24.7. The van der Waals surface area contributed by atoms with E-state index in [4.69, 9.17) is 19.4 Å². The molecular formula is C23H34N8O4. The zero-order valence-electron chi connectivity index (χ0n) is 21.0. The van der Waals surface area contributed by atoms with Gasteiger partial charge in [0.25, 0.3) is 5.95 Å². The lowest BCUT2D eigenvalue weighted by atomic mass is 10.0. The molecule has 12 nitrogen and oxygen atoms in total. The molecule has 35 heavy (non-hydrogen) atoms. The fourth-order valence-corrected chi connectivity index (χ4v) is 4.09. The van der Waals surface area contributed by atoms with Gasteiger partial charge in [-0.25, -0.2) is 19.3 Å². The molecule has 4 rings (SSSR count). The summed E-state index contributed by atoms with van der Waals surface area (Å²) in [7, 11) is 0. The smallest absolute Gasteiger partial charge is 0.410 e. The summed E-state index contributed by atoms with van der Waals surface area (Å²) in [6, 6.07) is -0.165. The van der Waals surface area contributed by atoms with Crippen LogP contribution in [0.1, 0.15) is 45.9 Å². The van der Waals surface area contributed by atoms with Crippen molar-refractivity contribution in [1.29, 1.82) is 0 Å². The fraction of sp³-hybridized carbons (Fsp3) is 0.609. The van der Waals surface area contributed by atoms with Crippen LogP contribution in [0.15, 0.2) is 12.4 Å². The van der Waals surface area contributed by atoms with E-state index in [1.807, 2.05) is 27.7 Å². The van der Waals surface area contributed by atoms with Gasteiger partial charge in [-0.3, -0.25) is 0 Å². The van der Waals surface area contributed by atoms with Crippen LogP contribution in [0.3, 0.4) is 0 Å². The molecule has 1 atom stereocenters. The number of anilines is 2. The summed E-state index contributed by atoms with van der Waals surface area (Å²) in [6.07, 6.45) is 3.47. The van der Waals surface area contributed by atoms with Crippen LogP contribution in [0.5, 0.6) is 0 Å². The fourth-order valence-electron chi connectivity index (χ4n) is 4.09. The van der Waals surface area contributed by atoms with Gasteiger partial charge in [-0.15, -0.1) is 0 Å². The van der Waals surface area contributed by atoms with Gasteiger partial charge in [-0.2, -0.15) is 10.1 Å². The molecule has 0 spiro atoms. The number of carbonyl (C=O) groups excluding carboxylic acids is 2. The molecule has 1 saturated heterocycles. The van der Waals surface area contributed by atoms with Gasteiger partial charge in [0.1, 0.15) is 11.4 Å².